The number of ether oxygens (including phenoxy) is 2. The van der Waals surface area contributed by atoms with Gasteiger partial charge in [-0.25, -0.2) is 0 Å². The van der Waals surface area contributed by atoms with Crippen molar-refractivity contribution in [3.63, 3.8) is 0 Å². The Morgan fingerprint density at radius 3 is 2.42 bits per heavy atom. The van der Waals surface area contributed by atoms with Crippen LogP contribution in [0.3, 0.4) is 0 Å². The molecular weight excluding hydrogens is 238 g/mol. The van der Waals surface area contributed by atoms with Crippen LogP contribution >= 0.6 is 0 Å². The molecule has 0 saturated carbocycles. The highest BCUT2D eigenvalue weighted by atomic mass is 16.5. The van der Waals surface area contributed by atoms with E-state index in [1.807, 2.05) is 42.5 Å². The van der Waals surface area contributed by atoms with E-state index in [9.17, 15) is 0 Å². The van der Waals surface area contributed by atoms with E-state index >= 15 is 0 Å². The van der Waals surface area contributed by atoms with Crippen molar-refractivity contribution in [1.29, 1.82) is 0 Å². The Hall–Kier alpha value is -2.00. The van der Waals surface area contributed by atoms with Crippen LogP contribution in [0.25, 0.3) is 0 Å². The Morgan fingerprint density at radius 1 is 0.895 bits per heavy atom. The van der Waals surface area contributed by atoms with Crippen LogP contribution in [-0.2, 0) is 6.54 Å². The predicted octanol–water partition coefficient (Wildman–Crippen LogP) is 3.30. The van der Waals surface area contributed by atoms with E-state index < -0.39 is 0 Å². The van der Waals surface area contributed by atoms with Gasteiger partial charge < -0.3 is 9.47 Å². The first-order valence-corrected chi connectivity index (χ1v) is 6.49. The molecule has 0 amide bonds. The second-order valence-corrected chi connectivity index (χ2v) is 4.74. The molecule has 98 valence electrons. The summed E-state index contributed by atoms with van der Waals surface area (Å²) in [4.78, 5) is 2.23. The van der Waals surface area contributed by atoms with Crippen molar-refractivity contribution in [2.45, 2.75) is 6.54 Å². The van der Waals surface area contributed by atoms with E-state index in [1.165, 1.54) is 5.56 Å². The molecule has 1 aliphatic heterocycles. The SMILES string of the molecule is CN1CCOc2ccccc2Oc2ccccc2C1. The molecule has 0 radical (unpaired) electrons. The van der Waals surface area contributed by atoms with E-state index in [0.29, 0.717) is 6.61 Å². The van der Waals surface area contributed by atoms with Crippen molar-refractivity contribution >= 4 is 0 Å². The first-order valence-electron chi connectivity index (χ1n) is 6.49. The number of benzene rings is 2. The van der Waals surface area contributed by atoms with E-state index in [0.717, 1.165) is 30.3 Å². The fourth-order valence-corrected chi connectivity index (χ4v) is 2.19. The van der Waals surface area contributed by atoms with Gasteiger partial charge >= 0.3 is 0 Å². The topological polar surface area (TPSA) is 21.7 Å². The molecule has 0 unspecified atom stereocenters. The highest BCUT2D eigenvalue weighted by Crippen LogP contribution is 2.33. The van der Waals surface area contributed by atoms with Crippen molar-refractivity contribution in [3.05, 3.63) is 54.1 Å². The molecule has 3 rings (SSSR count). The number of rotatable bonds is 0. The molecule has 19 heavy (non-hydrogen) atoms. The lowest BCUT2D eigenvalue weighted by molar-refractivity contribution is 0.221. The molecule has 0 atom stereocenters. The van der Waals surface area contributed by atoms with Gasteiger partial charge in [-0.2, -0.15) is 0 Å². The van der Waals surface area contributed by atoms with E-state index in [2.05, 4.69) is 18.0 Å². The van der Waals surface area contributed by atoms with Gasteiger partial charge in [-0.05, 0) is 25.2 Å². The number of hydrogen-bond donors (Lipinski definition) is 0. The number of fused-ring (bicyclic) bond motifs is 2. The third-order valence-electron chi connectivity index (χ3n) is 3.21. The summed E-state index contributed by atoms with van der Waals surface area (Å²) < 4.78 is 11.8. The fourth-order valence-electron chi connectivity index (χ4n) is 2.19. The first-order chi connectivity index (χ1) is 9.33. The van der Waals surface area contributed by atoms with Crippen molar-refractivity contribution in [1.82, 2.24) is 4.90 Å². The maximum absolute atomic E-state index is 6.01. The molecule has 1 aliphatic rings. The Kier molecular flexibility index (Phi) is 3.38. The highest BCUT2D eigenvalue weighted by molar-refractivity contribution is 5.45. The smallest absolute Gasteiger partial charge is 0.169 e. The summed E-state index contributed by atoms with van der Waals surface area (Å²) in [6.07, 6.45) is 0. The highest BCUT2D eigenvalue weighted by Gasteiger charge is 2.12. The molecule has 0 spiro atoms. The van der Waals surface area contributed by atoms with Crippen molar-refractivity contribution in [2.75, 3.05) is 20.2 Å². The Bertz CT molecular complexity index is 568. The maximum atomic E-state index is 6.01. The van der Waals surface area contributed by atoms with E-state index in [-0.39, 0.29) is 0 Å². The number of likely N-dealkylation sites (N-methyl/N-ethyl adjacent to an activating group) is 1. The van der Waals surface area contributed by atoms with Crippen LogP contribution < -0.4 is 9.47 Å². The zero-order valence-electron chi connectivity index (χ0n) is 11.0. The van der Waals surface area contributed by atoms with Gasteiger partial charge in [0.2, 0.25) is 0 Å². The Labute approximate surface area is 113 Å². The van der Waals surface area contributed by atoms with Crippen molar-refractivity contribution in [2.24, 2.45) is 0 Å². The zero-order chi connectivity index (χ0) is 13.1. The third kappa shape index (κ3) is 2.71. The quantitative estimate of drug-likeness (QED) is 0.721. The minimum absolute atomic E-state index is 0.666. The predicted molar refractivity (Wildman–Crippen MR) is 74.8 cm³/mol. The van der Waals surface area contributed by atoms with Gasteiger partial charge in [-0.15, -0.1) is 0 Å². The molecule has 0 aliphatic carbocycles. The van der Waals surface area contributed by atoms with Crippen LogP contribution in [0, 0.1) is 0 Å². The summed E-state index contributed by atoms with van der Waals surface area (Å²) in [7, 11) is 2.09. The van der Waals surface area contributed by atoms with Gasteiger partial charge in [0, 0.05) is 18.7 Å². The normalized spacial score (nSPS) is 15.6. The van der Waals surface area contributed by atoms with Crippen LogP contribution in [0.5, 0.6) is 17.2 Å². The molecule has 3 nitrogen and oxygen atoms in total. The van der Waals surface area contributed by atoms with Gasteiger partial charge in [0.05, 0.1) is 0 Å². The summed E-state index contributed by atoms with van der Waals surface area (Å²) in [5.74, 6) is 2.47. The van der Waals surface area contributed by atoms with Gasteiger partial charge in [0.25, 0.3) is 0 Å². The number of hydrogen-bond acceptors (Lipinski definition) is 3. The second kappa shape index (κ2) is 5.33. The summed E-state index contributed by atoms with van der Waals surface area (Å²) in [5.41, 5.74) is 1.20. The first kappa shape index (κ1) is 12.1. The molecule has 0 saturated heterocycles. The fraction of sp³-hybridized carbons (Fsp3) is 0.250. The molecule has 0 fully saturated rings. The molecule has 0 bridgehead atoms. The van der Waals surface area contributed by atoms with Gasteiger partial charge in [0.1, 0.15) is 12.4 Å². The molecule has 3 heteroatoms. The van der Waals surface area contributed by atoms with E-state index in [1.54, 1.807) is 0 Å². The molecule has 0 aromatic heterocycles. The van der Waals surface area contributed by atoms with E-state index in [4.69, 9.17) is 9.47 Å². The van der Waals surface area contributed by atoms with Crippen LogP contribution in [0.15, 0.2) is 48.5 Å². The molecular formula is C16H17NO2. The van der Waals surface area contributed by atoms with Crippen molar-refractivity contribution in [3.8, 4) is 17.2 Å². The van der Waals surface area contributed by atoms with Crippen LogP contribution in [0.1, 0.15) is 5.56 Å². The van der Waals surface area contributed by atoms with Gasteiger partial charge in [-0.3, -0.25) is 4.90 Å². The maximum Gasteiger partial charge on any atom is 0.169 e. The summed E-state index contributed by atoms with van der Waals surface area (Å²) in [5, 5.41) is 0. The van der Waals surface area contributed by atoms with Crippen LogP contribution in [0.4, 0.5) is 0 Å². The summed E-state index contributed by atoms with van der Waals surface area (Å²) in [6.45, 7) is 2.42. The number of nitrogens with zero attached hydrogens (tertiary/aromatic N) is 1. The average Bonchev–Trinajstić information content (AvgIpc) is 2.43. The van der Waals surface area contributed by atoms with Crippen molar-refractivity contribution < 1.29 is 9.47 Å². The Balaban J connectivity index is 2.01. The summed E-state index contributed by atoms with van der Waals surface area (Å²) >= 11 is 0. The Morgan fingerprint density at radius 2 is 1.58 bits per heavy atom. The molecule has 1 heterocycles. The van der Waals surface area contributed by atoms with Crippen LogP contribution in [-0.4, -0.2) is 25.1 Å². The van der Waals surface area contributed by atoms with Gasteiger partial charge in [-0.1, -0.05) is 30.3 Å². The standard InChI is InChI=1S/C16H17NO2/c1-17-10-11-18-15-8-4-5-9-16(15)19-14-7-3-2-6-13(14)12-17/h2-9H,10-12H2,1H3. The minimum atomic E-state index is 0.666. The van der Waals surface area contributed by atoms with Crippen LogP contribution in [0.2, 0.25) is 0 Å². The zero-order valence-corrected chi connectivity index (χ0v) is 11.0. The number of para-hydroxylation sites is 3. The lowest BCUT2D eigenvalue weighted by atomic mass is 10.2. The second-order valence-electron chi connectivity index (χ2n) is 4.74. The van der Waals surface area contributed by atoms with Gasteiger partial charge in [0.15, 0.2) is 11.5 Å². The lowest BCUT2D eigenvalue weighted by Crippen LogP contribution is -2.24. The molecule has 2 aromatic rings. The third-order valence-corrected chi connectivity index (χ3v) is 3.21. The molecule has 2 aromatic carbocycles. The average molecular weight is 255 g/mol. The monoisotopic (exact) mass is 255 g/mol. The minimum Gasteiger partial charge on any atom is -0.488 e. The summed E-state index contributed by atoms with van der Waals surface area (Å²) in [6, 6.07) is 16.0. The lowest BCUT2D eigenvalue weighted by Gasteiger charge is -2.22. The molecule has 0 N–H and O–H groups in total. The largest absolute Gasteiger partial charge is 0.488 e.